The van der Waals surface area contributed by atoms with Gasteiger partial charge in [-0.15, -0.1) is 0 Å². The third kappa shape index (κ3) is 4.57. The van der Waals surface area contributed by atoms with Crippen LogP contribution in [-0.4, -0.2) is 5.11 Å². The molecule has 0 fully saturated rings. The first-order valence-electron chi connectivity index (χ1n) is 7.80. The van der Waals surface area contributed by atoms with Crippen molar-refractivity contribution in [2.75, 3.05) is 0 Å². The van der Waals surface area contributed by atoms with Gasteiger partial charge in [0.15, 0.2) is 0 Å². The lowest BCUT2D eigenvalue weighted by Crippen LogP contribution is -1.83. The molecular weight excluding hydrogens is 256 g/mol. The van der Waals surface area contributed by atoms with E-state index in [0.717, 1.165) is 5.56 Å². The zero-order valence-electron chi connectivity index (χ0n) is 13.6. The van der Waals surface area contributed by atoms with Crippen molar-refractivity contribution in [1.29, 1.82) is 0 Å². The van der Waals surface area contributed by atoms with Crippen molar-refractivity contribution in [3.8, 4) is 0 Å². The predicted molar refractivity (Wildman–Crippen MR) is 94.7 cm³/mol. The Morgan fingerprint density at radius 2 is 1.19 bits per heavy atom. The quantitative estimate of drug-likeness (QED) is 0.549. The zero-order valence-corrected chi connectivity index (χ0v) is 13.6. The SMILES string of the molecule is CC.CCC.OCc1ccc2cc3ccccc3cc2c1. The van der Waals surface area contributed by atoms with Crippen molar-refractivity contribution in [3.63, 3.8) is 0 Å². The minimum absolute atomic E-state index is 0.1000. The average molecular weight is 282 g/mol. The standard InChI is InChI=1S/C15H12O.C3H8.C2H6/c16-10-11-5-6-14-8-12-3-1-2-4-13(12)9-15(14)7-11;1-3-2;1-2/h1-9,16H,10H2;3H2,1-2H3;1-2H3. The third-order valence-electron chi connectivity index (χ3n) is 2.95. The molecule has 0 aliphatic carbocycles. The molecule has 1 nitrogen and oxygen atoms in total. The van der Waals surface area contributed by atoms with Gasteiger partial charge in [0.25, 0.3) is 0 Å². The third-order valence-corrected chi connectivity index (χ3v) is 2.95. The average Bonchev–Trinajstić information content (AvgIpc) is 2.55. The van der Waals surface area contributed by atoms with Gasteiger partial charge in [-0.25, -0.2) is 0 Å². The van der Waals surface area contributed by atoms with Crippen LogP contribution in [0.25, 0.3) is 21.5 Å². The molecule has 0 radical (unpaired) electrons. The van der Waals surface area contributed by atoms with Crippen LogP contribution in [0.3, 0.4) is 0 Å². The van der Waals surface area contributed by atoms with Crippen LogP contribution in [-0.2, 0) is 6.61 Å². The summed E-state index contributed by atoms with van der Waals surface area (Å²) in [5.41, 5.74) is 0.961. The van der Waals surface area contributed by atoms with Gasteiger partial charge in [-0.3, -0.25) is 0 Å². The molecule has 0 aliphatic rings. The number of rotatable bonds is 1. The number of aliphatic hydroxyl groups excluding tert-OH is 1. The highest BCUT2D eigenvalue weighted by atomic mass is 16.3. The predicted octanol–water partition coefficient (Wildman–Crippen LogP) is 5.93. The van der Waals surface area contributed by atoms with Crippen LogP contribution >= 0.6 is 0 Å². The number of hydrogen-bond acceptors (Lipinski definition) is 1. The molecule has 0 bridgehead atoms. The molecule has 3 aromatic rings. The summed E-state index contributed by atoms with van der Waals surface area (Å²) < 4.78 is 0. The Hall–Kier alpha value is -1.86. The summed E-state index contributed by atoms with van der Waals surface area (Å²) in [6.45, 7) is 8.35. The first kappa shape index (κ1) is 17.2. The molecule has 21 heavy (non-hydrogen) atoms. The fourth-order valence-corrected chi connectivity index (χ4v) is 2.09. The van der Waals surface area contributed by atoms with Gasteiger partial charge >= 0.3 is 0 Å². The van der Waals surface area contributed by atoms with Crippen molar-refractivity contribution < 1.29 is 5.11 Å². The molecule has 0 amide bonds. The summed E-state index contributed by atoms with van der Waals surface area (Å²) >= 11 is 0. The van der Waals surface area contributed by atoms with Crippen molar-refractivity contribution in [2.45, 2.75) is 40.7 Å². The summed E-state index contributed by atoms with van der Waals surface area (Å²) in [5.74, 6) is 0. The van der Waals surface area contributed by atoms with E-state index < -0.39 is 0 Å². The van der Waals surface area contributed by atoms with Gasteiger partial charge in [0.1, 0.15) is 0 Å². The molecule has 3 aromatic carbocycles. The van der Waals surface area contributed by atoms with Crippen molar-refractivity contribution in [1.82, 2.24) is 0 Å². The lowest BCUT2D eigenvalue weighted by atomic mass is 10.0. The minimum atomic E-state index is 0.1000. The van der Waals surface area contributed by atoms with Gasteiger partial charge in [0.05, 0.1) is 6.61 Å². The van der Waals surface area contributed by atoms with Crippen LogP contribution in [0.4, 0.5) is 0 Å². The molecule has 0 spiro atoms. The fraction of sp³-hybridized carbons (Fsp3) is 0.300. The molecule has 3 rings (SSSR count). The molecule has 0 aromatic heterocycles. The van der Waals surface area contributed by atoms with E-state index in [1.165, 1.54) is 28.0 Å². The molecule has 0 saturated heterocycles. The van der Waals surface area contributed by atoms with Crippen LogP contribution < -0.4 is 0 Å². The first-order chi connectivity index (χ1) is 10.3. The fourth-order valence-electron chi connectivity index (χ4n) is 2.09. The molecule has 0 atom stereocenters. The number of hydrogen-bond donors (Lipinski definition) is 1. The van der Waals surface area contributed by atoms with Gasteiger partial charge in [0.2, 0.25) is 0 Å². The highest BCUT2D eigenvalue weighted by molar-refractivity contribution is 5.98. The Labute approximate surface area is 128 Å². The van der Waals surface area contributed by atoms with Gasteiger partial charge in [-0.1, -0.05) is 70.5 Å². The Balaban J connectivity index is 0.000000395. The van der Waals surface area contributed by atoms with Crippen LogP contribution in [0.1, 0.15) is 39.7 Å². The number of fused-ring (bicyclic) bond motifs is 2. The van der Waals surface area contributed by atoms with Crippen molar-refractivity contribution in [3.05, 3.63) is 60.2 Å². The van der Waals surface area contributed by atoms with Crippen molar-refractivity contribution in [2.24, 2.45) is 0 Å². The smallest absolute Gasteiger partial charge is 0.0682 e. The summed E-state index contributed by atoms with van der Waals surface area (Å²) in [7, 11) is 0. The van der Waals surface area contributed by atoms with E-state index in [4.69, 9.17) is 5.11 Å². The lowest BCUT2D eigenvalue weighted by molar-refractivity contribution is 0.282. The normalized spacial score (nSPS) is 9.57. The van der Waals surface area contributed by atoms with E-state index in [1.807, 2.05) is 32.0 Å². The molecule has 0 unspecified atom stereocenters. The van der Waals surface area contributed by atoms with Gasteiger partial charge in [-0.2, -0.15) is 0 Å². The first-order valence-corrected chi connectivity index (χ1v) is 7.80. The summed E-state index contributed by atoms with van der Waals surface area (Å²) in [5, 5.41) is 14.0. The maximum Gasteiger partial charge on any atom is 0.0682 e. The van der Waals surface area contributed by atoms with Gasteiger partial charge < -0.3 is 5.11 Å². The van der Waals surface area contributed by atoms with E-state index >= 15 is 0 Å². The monoisotopic (exact) mass is 282 g/mol. The summed E-state index contributed by atoms with van der Waals surface area (Å²) in [6, 6.07) is 18.8. The van der Waals surface area contributed by atoms with E-state index in [1.54, 1.807) is 0 Å². The summed E-state index contributed by atoms with van der Waals surface area (Å²) in [4.78, 5) is 0. The second-order valence-electron chi connectivity index (χ2n) is 4.75. The van der Waals surface area contributed by atoms with Crippen LogP contribution in [0.5, 0.6) is 0 Å². The minimum Gasteiger partial charge on any atom is -0.392 e. The topological polar surface area (TPSA) is 20.2 Å². The Kier molecular flexibility index (Phi) is 7.49. The van der Waals surface area contributed by atoms with E-state index in [2.05, 4.69) is 50.2 Å². The molecule has 1 N–H and O–H groups in total. The molecule has 0 saturated carbocycles. The zero-order chi connectivity index (χ0) is 15.7. The second kappa shape index (κ2) is 9.15. The molecular formula is C20H26O. The maximum atomic E-state index is 9.11. The number of benzene rings is 3. The maximum absolute atomic E-state index is 9.11. The largest absolute Gasteiger partial charge is 0.392 e. The van der Waals surface area contributed by atoms with Crippen LogP contribution in [0.15, 0.2) is 54.6 Å². The van der Waals surface area contributed by atoms with Crippen LogP contribution in [0, 0.1) is 0 Å². The lowest BCUT2D eigenvalue weighted by Gasteiger charge is -2.03. The van der Waals surface area contributed by atoms with E-state index in [9.17, 15) is 0 Å². The van der Waals surface area contributed by atoms with E-state index in [-0.39, 0.29) is 6.61 Å². The molecule has 0 heterocycles. The molecule has 112 valence electrons. The van der Waals surface area contributed by atoms with Gasteiger partial charge in [-0.05, 0) is 45.3 Å². The Morgan fingerprint density at radius 1 is 0.714 bits per heavy atom. The molecule has 1 heteroatoms. The van der Waals surface area contributed by atoms with Gasteiger partial charge in [0, 0.05) is 0 Å². The molecule has 0 aliphatic heterocycles. The van der Waals surface area contributed by atoms with Crippen LogP contribution in [0.2, 0.25) is 0 Å². The highest BCUT2D eigenvalue weighted by Crippen LogP contribution is 2.23. The second-order valence-corrected chi connectivity index (χ2v) is 4.75. The van der Waals surface area contributed by atoms with E-state index in [0.29, 0.717) is 0 Å². The van der Waals surface area contributed by atoms with Crippen molar-refractivity contribution >= 4 is 21.5 Å². The number of aliphatic hydroxyl groups is 1. The highest BCUT2D eigenvalue weighted by Gasteiger charge is 1.98. The Bertz CT molecular complexity index is 671. The summed E-state index contributed by atoms with van der Waals surface area (Å²) in [6.07, 6.45) is 1.25. The Morgan fingerprint density at radius 3 is 1.71 bits per heavy atom.